The molecule has 0 bridgehead atoms. The summed E-state index contributed by atoms with van der Waals surface area (Å²) >= 11 is 0. The third-order valence-corrected chi connectivity index (χ3v) is 6.76. The van der Waals surface area contributed by atoms with Crippen LogP contribution in [-0.2, 0) is 10.0 Å². The highest BCUT2D eigenvalue weighted by Crippen LogP contribution is 2.22. The lowest BCUT2D eigenvalue weighted by atomic mass is 10.1. The first-order valence-electron chi connectivity index (χ1n) is 9.86. The number of carbonyl (C=O) groups is 1. The minimum Gasteiger partial charge on any atom is -0.349 e. The van der Waals surface area contributed by atoms with E-state index in [0.29, 0.717) is 16.8 Å². The molecule has 0 saturated heterocycles. The van der Waals surface area contributed by atoms with E-state index in [-0.39, 0.29) is 16.8 Å². The van der Waals surface area contributed by atoms with Crippen molar-refractivity contribution in [3.8, 4) is 0 Å². The van der Waals surface area contributed by atoms with Crippen LogP contribution in [0.15, 0.2) is 47.4 Å². The molecule has 0 aromatic heterocycles. The highest BCUT2D eigenvalue weighted by Gasteiger charge is 2.21. The van der Waals surface area contributed by atoms with Gasteiger partial charge in [0.1, 0.15) is 0 Å². The van der Waals surface area contributed by atoms with Crippen LogP contribution in [-0.4, -0.2) is 20.4 Å². The lowest BCUT2D eigenvalue weighted by molar-refractivity contribution is 0.0933. The van der Waals surface area contributed by atoms with E-state index in [4.69, 9.17) is 0 Å². The van der Waals surface area contributed by atoms with Crippen LogP contribution in [0.4, 0.5) is 5.69 Å². The van der Waals surface area contributed by atoms with Crippen molar-refractivity contribution in [2.75, 3.05) is 4.72 Å². The molecular formula is C22H28N2O3S. The molecule has 0 aliphatic heterocycles. The molecule has 6 heteroatoms. The second-order valence-electron chi connectivity index (χ2n) is 7.61. The molecule has 0 radical (unpaired) electrons. The highest BCUT2D eigenvalue weighted by atomic mass is 32.2. The number of anilines is 1. The van der Waals surface area contributed by atoms with E-state index in [1.54, 1.807) is 31.2 Å². The summed E-state index contributed by atoms with van der Waals surface area (Å²) < 4.78 is 28.3. The number of benzene rings is 2. The van der Waals surface area contributed by atoms with Gasteiger partial charge in [-0.05, 0) is 56.5 Å². The summed E-state index contributed by atoms with van der Waals surface area (Å²) in [6.45, 7) is 3.68. The maximum Gasteiger partial charge on any atom is 0.262 e. The Bertz CT molecular complexity index is 929. The zero-order valence-corrected chi connectivity index (χ0v) is 17.3. The van der Waals surface area contributed by atoms with E-state index in [9.17, 15) is 13.2 Å². The molecule has 28 heavy (non-hydrogen) atoms. The molecule has 1 saturated carbocycles. The van der Waals surface area contributed by atoms with Crippen molar-refractivity contribution in [2.24, 2.45) is 0 Å². The summed E-state index contributed by atoms with van der Waals surface area (Å²) in [4.78, 5) is 12.8. The molecule has 1 fully saturated rings. The van der Waals surface area contributed by atoms with Gasteiger partial charge in [0.25, 0.3) is 15.9 Å². The first-order valence-corrected chi connectivity index (χ1v) is 11.3. The number of nitrogens with one attached hydrogen (secondary N) is 2. The van der Waals surface area contributed by atoms with Crippen LogP contribution in [0.3, 0.4) is 0 Å². The van der Waals surface area contributed by atoms with Crippen LogP contribution in [0.25, 0.3) is 0 Å². The number of sulfonamides is 1. The molecule has 1 amide bonds. The zero-order chi connectivity index (χ0) is 20.1. The fraction of sp³-hybridized carbons (Fsp3) is 0.409. The second kappa shape index (κ2) is 8.78. The van der Waals surface area contributed by atoms with Crippen LogP contribution in [0, 0.1) is 13.8 Å². The summed E-state index contributed by atoms with van der Waals surface area (Å²) in [6.07, 6.45) is 6.64. The topological polar surface area (TPSA) is 75.3 Å². The Morgan fingerprint density at radius 2 is 1.57 bits per heavy atom. The van der Waals surface area contributed by atoms with Crippen molar-refractivity contribution in [1.29, 1.82) is 0 Å². The average molecular weight is 401 g/mol. The molecule has 1 aliphatic rings. The summed E-state index contributed by atoms with van der Waals surface area (Å²) in [5.74, 6) is -0.210. The lowest BCUT2D eigenvalue weighted by Gasteiger charge is -2.17. The maximum absolute atomic E-state index is 12.9. The number of amides is 1. The first kappa shape index (κ1) is 20.4. The Hall–Kier alpha value is -2.34. The van der Waals surface area contributed by atoms with Gasteiger partial charge in [-0.3, -0.25) is 9.52 Å². The zero-order valence-electron chi connectivity index (χ0n) is 16.5. The molecule has 2 aromatic rings. The predicted molar refractivity (Wildman–Crippen MR) is 112 cm³/mol. The van der Waals surface area contributed by atoms with Crippen LogP contribution < -0.4 is 10.0 Å². The van der Waals surface area contributed by atoms with Crippen LogP contribution in [0.2, 0.25) is 0 Å². The fourth-order valence-corrected chi connectivity index (χ4v) is 4.89. The molecule has 0 unspecified atom stereocenters. The molecule has 0 heterocycles. The molecule has 2 aromatic carbocycles. The normalized spacial score (nSPS) is 15.6. The highest BCUT2D eigenvalue weighted by molar-refractivity contribution is 7.92. The van der Waals surface area contributed by atoms with Gasteiger partial charge >= 0.3 is 0 Å². The minimum atomic E-state index is -3.78. The van der Waals surface area contributed by atoms with Gasteiger partial charge in [0.15, 0.2) is 0 Å². The van der Waals surface area contributed by atoms with Crippen molar-refractivity contribution < 1.29 is 13.2 Å². The van der Waals surface area contributed by atoms with Crippen molar-refractivity contribution in [2.45, 2.75) is 63.3 Å². The fourth-order valence-electron chi connectivity index (χ4n) is 3.56. The molecular weight excluding hydrogens is 372 g/mol. The number of rotatable bonds is 5. The Labute approximate surface area is 167 Å². The summed E-state index contributed by atoms with van der Waals surface area (Å²) in [6, 6.07) is 12.2. The number of carbonyl (C=O) groups excluding carboxylic acids is 1. The quantitative estimate of drug-likeness (QED) is 0.723. The average Bonchev–Trinajstić information content (AvgIpc) is 2.92. The van der Waals surface area contributed by atoms with E-state index in [1.807, 2.05) is 19.1 Å². The SMILES string of the molecule is Cc1ccc(NS(=O)(=O)c2cc(C(=O)NC3CCCCCC3)ccc2C)cc1. The predicted octanol–water partition coefficient (Wildman–Crippen LogP) is 4.56. The standard InChI is InChI=1S/C22H28N2O3S/c1-16-9-13-20(14-10-16)24-28(26,27)21-15-18(12-11-17(21)2)22(25)23-19-7-5-3-4-6-8-19/h9-15,19,24H,3-8H2,1-2H3,(H,23,25). The van der Waals surface area contributed by atoms with Crippen LogP contribution >= 0.6 is 0 Å². The van der Waals surface area contributed by atoms with Gasteiger partial charge in [0.2, 0.25) is 0 Å². The van der Waals surface area contributed by atoms with Gasteiger partial charge in [0.05, 0.1) is 4.90 Å². The monoisotopic (exact) mass is 400 g/mol. The second-order valence-corrected chi connectivity index (χ2v) is 9.26. The smallest absolute Gasteiger partial charge is 0.262 e. The summed E-state index contributed by atoms with van der Waals surface area (Å²) in [7, 11) is -3.78. The summed E-state index contributed by atoms with van der Waals surface area (Å²) in [5.41, 5.74) is 2.53. The first-order chi connectivity index (χ1) is 13.3. The Morgan fingerprint density at radius 3 is 2.21 bits per heavy atom. The molecule has 5 nitrogen and oxygen atoms in total. The minimum absolute atomic E-state index is 0.126. The largest absolute Gasteiger partial charge is 0.349 e. The van der Waals surface area contributed by atoms with E-state index >= 15 is 0 Å². The third-order valence-electron chi connectivity index (χ3n) is 5.23. The van der Waals surface area contributed by atoms with Crippen LogP contribution in [0.1, 0.15) is 60.0 Å². The van der Waals surface area contributed by atoms with E-state index < -0.39 is 10.0 Å². The Balaban J connectivity index is 1.79. The van der Waals surface area contributed by atoms with Gasteiger partial charge in [-0.1, -0.05) is 49.4 Å². The van der Waals surface area contributed by atoms with Crippen molar-refractivity contribution in [3.63, 3.8) is 0 Å². The number of hydrogen-bond donors (Lipinski definition) is 2. The number of aryl methyl sites for hydroxylation is 2. The van der Waals surface area contributed by atoms with Crippen molar-refractivity contribution in [3.05, 3.63) is 59.2 Å². The lowest BCUT2D eigenvalue weighted by Crippen LogP contribution is -2.34. The molecule has 1 aliphatic carbocycles. The van der Waals surface area contributed by atoms with Crippen molar-refractivity contribution in [1.82, 2.24) is 5.32 Å². The molecule has 0 atom stereocenters. The van der Waals surface area contributed by atoms with Crippen molar-refractivity contribution >= 4 is 21.6 Å². The number of hydrogen-bond acceptors (Lipinski definition) is 3. The molecule has 0 spiro atoms. The Morgan fingerprint density at radius 1 is 0.929 bits per heavy atom. The molecule has 150 valence electrons. The van der Waals surface area contributed by atoms with Gasteiger partial charge in [-0.25, -0.2) is 8.42 Å². The van der Waals surface area contributed by atoms with Gasteiger partial charge in [-0.15, -0.1) is 0 Å². The van der Waals surface area contributed by atoms with Gasteiger partial charge in [0, 0.05) is 17.3 Å². The van der Waals surface area contributed by atoms with E-state index in [1.165, 1.54) is 18.9 Å². The van der Waals surface area contributed by atoms with Crippen LogP contribution in [0.5, 0.6) is 0 Å². The summed E-state index contributed by atoms with van der Waals surface area (Å²) in [5, 5.41) is 3.08. The maximum atomic E-state index is 12.9. The van der Waals surface area contributed by atoms with E-state index in [0.717, 1.165) is 31.2 Å². The van der Waals surface area contributed by atoms with Gasteiger partial charge < -0.3 is 5.32 Å². The Kier molecular flexibility index (Phi) is 6.39. The van der Waals surface area contributed by atoms with E-state index in [2.05, 4.69) is 10.0 Å². The molecule has 2 N–H and O–H groups in total. The third kappa shape index (κ3) is 5.13. The van der Waals surface area contributed by atoms with Gasteiger partial charge in [-0.2, -0.15) is 0 Å². The molecule has 3 rings (SSSR count).